The number of thiophene rings is 1. The highest BCUT2D eigenvalue weighted by Crippen LogP contribution is 2.31. The second-order valence-corrected chi connectivity index (χ2v) is 6.98. The van der Waals surface area contributed by atoms with Gasteiger partial charge in [0.05, 0.1) is 5.69 Å². The minimum Gasteiger partial charge on any atom is -0.455 e. The molecule has 0 aliphatic carbocycles. The standard InChI is InChI=1S/C21H16ClNO4S/c22-15-8-10-19(27-16-5-2-1-3-6-16)18(13-15)23-20(24)14-26-21(25)11-9-17-7-4-12-28-17/h1-13H,14H2,(H,23,24). The molecule has 3 rings (SSSR count). The van der Waals surface area contributed by atoms with Crippen molar-refractivity contribution < 1.29 is 19.1 Å². The first kappa shape index (κ1) is 19.7. The van der Waals surface area contributed by atoms with Gasteiger partial charge in [-0.2, -0.15) is 0 Å². The number of carbonyl (C=O) groups excluding carboxylic acids is 2. The number of benzene rings is 2. The smallest absolute Gasteiger partial charge is 0.331 e. The number of halogens is 1. The zero-order chi connectivity index (χ0) is 19.8. The van der Waals surface area contributed by atoms with E-state index in [1.54, 1.807) is 36.4 Å². The quantitative estimate of drug-likeness (QED) is 0.416. The Labute approximate surface area is 171 Å². The molecule has 0 saturated carbocycles. The molecule has 28 heavy (non-hydrogen) atoms. The lowest BCUT2D eigenvalue weighted by atomic mass is 10.2. The first-order chi connectivity index (χ1) is 13.6. The molecular formula is C21H16ClNO4S. The summed E-state index contributed by atoms with van der Waals surface area (Å²) in [6, 6.07) is 17.8. The summed E-state index contributed by atoms with van der Waals surface area (Å²) in [5.41, 5.74) is 0.381. The van der Waals surface area contributed by atoms with Crippen molar-refractivity contribution in [3.8, 4) is 11.5 Å². The van der Waals surface area contributed by atoms with Crippen molar-refractivity contribution in [2.24, 2.45) is 0 Å². The molecule has 3 aromatic rings. The highest BCUT2D eigenvalue weighted by Gasteiger charge is 2.11. The normalized spacial score (nSPS) is 10.6. The van der Waals surface area contributed by atoms with Crippen LogP contribution in [0.4, 0.5) is 5.69 Å². The average molecular weight is 414 g/mol. The Hall–Kier alpha value is -3.09. The minimum absolute atomic E-state index is 0.381. The summed E-state index contributed by atoms with van der Waals surface area (Å²) in [4.78, 5) is 24.8. The monoisotopic (exact) mass is 413 g/mol. The van der Waals surface area contributed by atoms with Gasteiger partial charge in [0.1, 0.15) is 5.75 Å². The van der Waals surface area contributed by atoms with Crippen molar-refractivity contribution in [3.05, 3.63) is 82.0 Å². The Bertz CT molecular complexity index is 971. The Balaban J connectivity index is 1.58. The maximum absolute atomic E-state index is 12.2. The molecule has 2 aromatic carbocycles. The molecule has 0 aliphatic heterocycles. The van der Waals surface area contributed by atoms with E-state index in [9.17, 15) is 9.59 Å². The van der Waals surface area contributed by atoms with E-state index in [4.69, 9.17) is 21.1 Å². The van der Waals surface area contributed by atoms with Crippen LogP contribution < -0.4 is 10.1 Å². The number of nitrogens with one attached hydrogen (secondary N) is 1. The number of hydrogen-bond acceptors (Lipinski definition) is 5. The molecule has 1 amide bonds. The summed E-state index contributed by atoms with van der Waals surface area (Å²) < 4.78 is 10.7. The molecular weight excluding hydrogens is 398 g/mol. The molecule has 0 saturated heterocycles. The second-order valence-electron chi connectivity index (χ2n) is 5.56. The lowest BCUT2D eigenvalue weighted by molar-refractivity contribution is -0.142. The van der Waals surface area contributed by atoms with Crippen LogP contribution in [-0.4, -0.2) is 18.5 Å². The van der Waals surface area contributed by atoms with Crippen LogP contribution in [0.15, 0.2) is 72.1 Å². The SMILES string of the molecule is O=C(COC(=O)C=Cc1cccs1)Nc1cc(Cl)ccc1Oc1ccccc1. The van der Waals surface area contributed by atoms with Crippen molar-refractivity contribution in [1.82, 2.24) is 0 Å². The van der Waals surface area contributed by atoms with Gasteiger partial charge in [0.15, 0.2) is 12.4 Å². The maximum atomic E-state index is 12.2. The van der Waals surface area contributed by atoms with E-state index >= 15 is 0 Å². The first-order valence-electron chi connectivity index (χ1n) is 8.31. The molecule has 0 bridgehead atoms. The fourth-order valence-electron chi connectivity index (χ4n) is 2.21. The van der Waals surface area contributed by atoms with E-state index < -0.39 is 18.5 Å². The van der Waals surface area contributed by atoms with Crippen LogP contribution in [0.2, 0.25) is 5.02 Å². The molecule has 5 nitrogen and oxygen atoms in total. The number of esters is 1. The van der Waals surface area contributed by atoms with Crippen molar-refractivity contribution in [2.75, 3.05) is 11.9 Å². The van der Waals surface area contributed by atoms with Gasteiger partial charge in [0, 0.05) is 16.0 Å². The summed E-state index contributed by atoms with van der Waals surface area (Å²) in [6.07, 6.45) is 2.91. The van der Waals surface area contributed by atoms with Crippen molar-refractivity contribution >= 4 is 46.6 Å². The predicted octanol–water partition coefficient (Wildman–Crippen LogP) is 5.39. The van der Waals surface area contributed by atoms with E-state index in [1.165, 1.54) is 17.4 Å². The van der Waals surface area contributed by atoms with Gasteiger partial charge in [-0.3, -0.25) is 4.79 Å². The Morgan fingerprint density at radius 3 is 2.64 bits per heavy atom. The van der Waals surface area contributed by atoms with E-state index in [1.807, 2.05) is 35.7 Å². The van der Waals surface area contributed by atoms with E-state index in [2.05, 4.69) is 5.32 Å². The lowest BCUT2D eigenvalue weighted by Crippen LogP contribution is -2.20. The van der Waals surface area contributed by atoms with Crippen molar-refractivity contribution in [2.45, 2.75) is 0 Å². The van der Waals surface area contributed by atoms with E-state index in [0.717, 1.165) is 4.88 Å². The van der Waals surface area contributed by atoms with Crippen LogP contribution >= 0.6 is 22.9 Å². The van der Waals surface area contributed by atoms with Gasteiger partial charge in [-0.1, -0.05) is 35.9 Å². The third-order valence-corrected chi connectivity index (χ3v) is 4.53. The number of anilines is 1. The van der Waals surface area contributed by atoms with Gasteiger partial charge >= 0.3 is 5.97 Å². The van der Waals surface area contributed by atoms with Gasteiger partial charge in [0.25, 0.3) is 5.91 Å². The van der Waals surface area contributed by atoms with Crippen LogP contribution in [0.3, 0.4) is 0 Å². The number of ether oxygens (including phenoxy) is 2. The zero-order valence-electron chi connectivity index (χ0n) is 14.6. The number of amides is 1. The topological polar surface area (TPSA) is 64.6 Å². The Morgan fingerprint density at radius 2 is 1.89 bits per heavy atom. The molecule has 7 heteroatoms. The first-order valence-corrected chi connectivity index (χ1v) is 9.56. The van der Waals surface area contributed by atoms with Crippen LogP contribution in [0.25, 0.3) is 6.08 Å². The number of para-hydroxylation sites is 1. The third-order valence-electron chi connectivity index (χ3n) is 3.46. The van der Waals surface area contributed by atoms with Crippen LogP contribution in [0.5, 0.6) is 11.5 Å². The summed E-state index contributed by atoms with van der Waals surface area (Å²) >= 11 is 7.51. The molecule has 0 radical (unpaired) electrons. The van der Waals surface area contributed by atoms with Crippen LogP contribution in [0.1, 0.15) is 4.88 Å². The number of rotatable bonds is 7. The second kappa shape index (κ2) is 9.73. The van der Waals surface area contributed by atoms with Gasteiger partial charge in [-0.15, -0.1) is 11.3 Å². The summed E-state index contributed by atoms with van der Waals surface area (Å²) in [5.74, 6) is -0.0632. The molecule has 0 spiro atoms. The van der Waals surface area contributed by atoms with Gasteiger partial charge in [0.2, 0.25) is 0 Å². The number of hydrogen-bond donors (Lipinski definition) is 1. The minimum atomic E-state index is -0.601. The van der Waals surface area contributed by atoms with Crippen LogP contribution in [0, 0.1) is 0 Å². The fourth-order valence-corrected chi connectivity index (χ4v) is 3.00. The zero-order valence-corrected chi connectivity index (χ0v) is 16.2. The van der Waals surface area contributed by atoms with E-state index in [0.29, 0.717) is 22.2 Å². The van der Waals surface area contributed by atoms with Crippen LogP contribution in [-0.2, 0) is 14.3 Å². The molecule has 0 unspecified atom stereocenters. The Kier molecular flexibility index (Phi) is 6.84. The largest absolute Gasteiger partial charge is 0.455 e. The molecule has 0 fully saturated rings. The average Bonchev–Trinajstić information content (AvgIpc) is 3.21. The van der Waals surface area contributed by atoms with Gasteiger partial charge in [-0.25, -0.2) is 4.79 Å². The van der Waals surface area contributed by atoms with Crippen molar-refractivity contribution in [1.29, 1.82) is 0 Å². The van der Waals surface area contributed by atoms with Gasteiger partial charge < -0.3 is 14.8 Å². The summed E-state index contributed by atoms with van der Waals surface area (Å²) in [7, 11) is 0. The summed E-state index contributed by atoms with van der Waals surface area (Å²) in [6.45, 7) is -0.426. The fraction of sp³-hybridized carbons (Fsp3) is 0.0476. The molecule has 0 atom stereocenters. The molecule has 1 aromatic heterocycles. The molecule has 1 heterocycles. The highest BCUT2D eigenvalue weighted by atomic mass is 35.5. The van der Waals surface area contributed by atoms with Gasteiger partial charge in [-0.05, 0) is 47.9 Å². The Morgan fingerprint density at radius 1 is 1.07 bits per heavy atom. The maximum Gasteiger partial charge on any atom is 0.331 e. The molecule has 0 aliphatic rings. The third kappa shape index (κ3) is 5.97. The van der Waals surface area contributed by atoms with E-state index in [-0.39, 0.29) is 0 Å². The molecule has 142 valence electrons. The molecule has 1 N–H and O–H groups in total. The highest BCUT2D eigenvalue weighted by molar-refractivity contribution is 7.10. The lowest BCUT2D eigenvalue weighted by Gasteiger charge is -2.12. The predicted molar refractivity (Wildman–Crippen MR) is 111 cm³/mol. The number of carbonyl (C=O) groups is 2. The summed E-state index contributed by atoms with van der Waals surface area (Å²) in [5, 5.41) is 4.99. The van der Waals surface area contributed by atoms with Crippen molar-refractivity contribution in [3.63, 3.8) is 0 Å².